The molecule has 0 radical (unpaired) electrons. The zero-order valence-corrected chi connectivity index (χ0v) is 20.0. The number of aryl methyl sites for hydroxylation is 2. The number of ether oxygens (including phenoxy) is 1. The molecule has 1 aromatic carbocycles. The van der Waals surface area contributed by atoms with Gasteiger partial charge in [-0.15, -0.1) is 0 Å². The summed E-state index contributed by atoms with van der Waals surface area (Å²) in [5.74, 6) is 1.66. The van der Waals surface area contributed by atoms with E-state index in [1.165, 1.54) is 11.6 Å². The lowest BCUT2D eigenvalue weighted by molar-refractivity contribution is 0.0930. The number of anilines is 1. The molecule has 0 saturated carbocycles. The van der Waals surface area contributed by atoms with Crippen molar-refractivity contribution in [2.24, 2.45) is 14.1 Å². The fourth-order valence-corrected chi connectivity index (χ4v) is 4.46. The molecule has 0 amide bonds. The number of hydrogen-bond donors (Lipinski definition) is 1. The van der Waals surface area contributed by atoms with Crippen molar-refractivity contribution in [2.45, 2.75) is 52.2 Å². The average Bonchev–Trinajstić information content (AvgIpc) is 3.43. The van der Waals surface area contributed by atoms with Gasteiger partial charge in [0.1, 0.15) is 18.5 Å². The number of hydrogen-bond acceptors (Lipinski definition) is 6. The number of rotatable bonds is 7. The Labute approximate surface area is 192 Å². The van der Waals surface area contributed by atoms with Crippen molar-refractivity contribution in [3.8, 4) is 5.75 Å². The van der Waals surface area contributed by atoms with Gasteiger partial charge < -0.3 is 19.3 Å². The molecule has 0 spiro atoms. The second-order valence-electron chi connectivity index (χ2n) is 9.26. The predicted octanol–water partition coefficient (Wildman–Crippen LogP) is 1.91. The molecule has 1 aliphatic heterocycles. The average molecular weight is 456 g/mol. The maximum atomic E-state index is 13.0. The van der Waals surface area contributed by atoms with E-state index in [2.05, 4.69) is 35.9 Å². The number of fused-ring (bicyclic) bond motifs is 1. The van der Waals surface area contributed by atoms with Crippen LogP contribution in [0.15, 0.2) is 27.8 Å². The third-order valence-corrected chi connectivity index (χ3v) is 6.33. The molecule has 3 aromatic rings. The van der Waals surface area contributed by atoms with Crippen LogP contribution in [0.5, 0.6) is 5.75 Å². The minimum absolute atomic E-state index is 0.0777. The van der Waals surface area contributed by atoms with Gasteiger partial charge in [-0.3, -0.25) is 13.9 Å². The summed E-state index contributed by atoms with van der Waals surface area (Å²) in [5.41, 5.74) is 1.99. The summed E-state index contributed by atoms with van der Waals surface area (Å²) in [6.07, 6.45) is 1.21. The molecule has 1 saturated heterocycles. The van der Waals surface area contributed by atoms with E-state index in [4.69, 9.17) is 4.74 Å². The van der Waals surface area contributed by atoms with Crippen molar-refractivity contribution in [3.63, 3.8) is 0 Å². The smallest absolute Gasteiger partial charge is 0.332 e. The first-order chi connectivity index (χ1) is 15.7. The lowest BCUT2D eigenvalue weighted by Gasteiger charge is -2.21. The summed E-state index contributed by atoms with van der Waals surface area (Å²) in [5, 5.41) is 10.9. The normalized spacial score (nSPS) is 15.1. The molecule has 178 valence electrons. The highest BCUT2D eigenvalue weighted by atomic mass is 16.5. The van der Waals surface area contributed by atoms with Crippen molar-refractivity contribution in [2.75, 3.05) is 24.6 Å². The summed E-state index contributed by atoms with van der Waals surface area (Å²) in [7, 11) is 3.07. The van der Waals surface area contributed by atoms with E-state index in [9.17, 15) is 14.7 Å². The van der Waals surface area contributed by atoms with E-state index in [-0.39, 0.29) is 13.2 Å². The van der Waals surface area contributed by atoms with Gasteiger partial charge in [0, 0.05) is 27.2 Å². The van der Waals surface area contributed by atoms with Crippen LogP contribution in [0.25, 0.3) is 11.2 Å². The fraction of sp³-hybridized carbons (Fsp3) is 0.542. The molecule has 2 aromatic heterocycles. The summed E-state index contributed by atoms with van der Waals surface area (Å²) in [4.78, 5) is 32.2. The quantitative estimate of drug-likeness (QED) is 0.585. The van der Waals surface area contributed by atoms with Crippen LogP contribution >= 0.6 is 0 Å². The van der Waals surface area contributed by atoms with Gasteiger partial charge in [0.25, 0.3) is 5.56 Å². The Morgan fingerprint density at radius 3 is 2.48 bits per heavy atom. The molecule has 1 aliphatic rings. The van der Waals surface area contributed by atoms with E-state index in [1.807, 2.05) is 13.0 Å². The number of aromatic nitrogens is 4. The molecule has 1 N–H and O–H groups in total. The highest BCUT2D eigenvalue weighted by Crippen LogP contribution is 2.28. The largest absolute Gasteiger partial charge is 0.491 e. The monoisotopic (exact) mass is 455 g/mol. The number of aliphatic hydroxyl groups is 1. The first-order valence-corrected chi connectivity index (χ1v) is 11.5. The van der Waals surface area contributed by atoms with E-state index in [1.54, 1.807) is 11.6 Å². The third-order valence-electron chi connectivity index (χ3n) is 6.33. The molecule has 4 rings (SSSR count). The van der Waals surface area contributed by atoms with Crippen molar-refractivity contribution in [1.29, 1.82) is 0 Å². The number of benzene rings is 1. The fourth-order valence-electron chi connectivity index (χ4n) is 4.46. The zero-order valence-electron chi connectivity index (χ0n) is 20.0. The lowest BCUT2D eigenvalue weighted by Crippen LogP contribution is -2.38. The van der Waals surface area contributed by atoms with E-state index in [0.29, 0.717) is 23.0 Å². The SMILES string of the molecule is Cc1ccc(C(C)C)c(OC[C@@H](O)Cn2c(N3CCCC3)nc3c2c(=O)n(C)c(=O)n3C)c1. The van der Waals surface area contributed by atoms with Gasteiger partial charge in [0.05, 0.1) is 6.54 Å². The van der Waals surface area contributed by atoms with E-state index >= 15 is 0 Å². The third kappa shape index (κ3) is 4.29. The first-order valence-electron chi connectivity index (χ1n) is 11.5. The van der Waals surface area contributed by atoms with Crippen LogP contribution < -0.4 is 20.9 Å². The van der Waals surface area contributed by atoms with Crippen LogP contribution in [0, 0.1) is 6.92 Å². The van der Waals surface area contributed by atoms with Crippen molar-refractivity contribution >= 4 is 17.1 Å². The molecule has 9 heteroatoms. The second-order valence-corrected chi connectivity index (χ2v) is 9.26. The van der Waals surface area contributed by atoms with Crippen LogP contribution in [0.2, 0.25) is 0 Å². The Morgan fingerprint density at radius 2 is 1.82 bits per heavy atom. The molecule has 9 nitrogen and oxygen atoms in total. The Hall–Kier alpha value is -3.07. The van der Waals surface area contributed by atoms with Crippen LogP contribution in [0.1, 0.15) is 43.7 Å². The highest BCUT2D eigenvalue weighted by molar-refractivity contribution is 5.74. The second kappa shape index (κ2) is 9.05. The topological polar surface area (TPSA) is 94.5 Å². The molecule has 3 heterocycles. The van der Waals surface area contributed by atoms with Crippen LogP contribution in [-0.4, -0.2) is 49.6 Å². The van der Waals surface area contributed by atoms with Gasteiger partial charge in [-0.2, -0.15) is 4.98 Å². The first kappa shape index (κ1) is 23.1. The van der Waals surface area contributed by atoms with Gasteiger partial charge >= 0.3 is 5.69 Å². The van der Waals surface area contributed by atoms with E-state index < -0.39 is 17.4 Å². The van der Waals surface area contributed by atoms with Crippen LogP contribution in [0.3, 0.4) is 0 Å². The van der Waals surface area contributed by atoms with Gasteiger partial charge in [-0.05, 0) is 42.9 Å². The summed E-state index contributed by atoms with van der Waals surface area (Å²) >= 11 is 0. The summed E-state index contributed by atoms with van der Waals surface area (Å²) < 4.78 is 10.2. The minimum atomic E-state index is -0.869. The summed E-state index contributed by atoms with van der Waals surface area (Å²) in [6, 6.07) is 6.09. The Kier molecular flexibility index (Phi) is 6.34. The highest BCUT2D eigenvalue weighted by Gasteiger charge is 2.26. The molecule has 33 heavy (non-hydrogen) atoms. The molecular formula is C24H33N5O4. The maximum Gasteiger partial charge on any atom is 0.332 e. The number of imidazole rings is 1. The standard InChI is InChI=1S/C24H33N5O4/c1-15(2)18-9-8-16(3)12-19(18)33-14-17(30)13-29-20-21(25-23(29)28-10-6-7-11-28)26(4)24(32)27(5)22(20)31/h8-9,12,15,17,30H,6-7,10-11,13-14H2,1-5H3/t17-/m0/s1. The van der Waals surface area contributed by atoms with Crippen LogP contribution in [0.4, 0.5) is 5.95 Å². The number of nitrogens with zero attached hydrogens (tertiary/aromatic N) is 5. The van der Waals surface area contributed by atoms with Gasteiger partial charge in [-0.1, -0.05) is 26.0 Å². The summed E-state index contributed by atoms with van der Waals surface area (Å²) in [6.45, 7) is 8.08. The van der Waals surface area contributed by atoms with Gasteiger partial charge in [0.15, 0.2) is 11.2 Å². The molecule has 0 unspecified atom stereocenters. The van der Waals surface area contributed by atoms with Gasteiger partial charge in [-0.25, -0.2) is 4.79 Å². The molecule has 1 atom stereocenters. The van der Waals surface area contributed by atoms with Gasteiger partial charge in [0.2, 0.25) is 5.95 Å². The van der Waals surface area contributed by atoms with Crippen LogP contribution in [-0.2, 0) is 20.6 Å². The Balaban J connectivity index is 1.68. The Morgan fingerprint density at radius 1 is 1.12 bits per heavy atom. The minimum Gasteiger partial charge on any atom is -0.491 e. The van der Waals surface area contributed by atoms with Crippen molar-refractivity contribution in [3.05, 3.63) is 50.2 Å². The molecule has 1 fully saturated rings. The lowest BCUT2D eigenvalue weighted by atomic mass is 10.0. The predicted molar refractivity (Wildman–Crippen MR) is 128 cm³/mol. The van der Waals surface area contributed by atoms with Crippen molar-refractivity contribution in [1.82, 2.24) is 18.7 Å². The van der Waals surface area contributed by atoms with Crippen molar-refractivity contribution < 1.29 is 9.84 Å². The molecule has 0 aliphatic carbocycles. The Bertz CT molecular complexity index is 1280. The molecule has 0 bridgehead atoms. The van der Waals surface area contributed by atoms with E-state index in [0.717, 1.165) is 47.4 Å². The zero-order chi connectivity index (χ0) is 23.9. The number of aliphatic hydroxyl groups excluding tert-OH is 1. The maximum absolute atomic E-state index is 13.0. The molecular weight excluding hydrogens is 422 g/mol.